The number of carbonyl (C=O) groups excluding carboxylic acids is 1. The summed E-state index contributed by atoms with van der Waals surface area (Å²) in [7, 11) is 0. The summed E-state index contributed by atoms with van der Waals surface area (Å²) >= 11 is 11.6. The molecule has 0 radical (unpaired) electrons. The minimum Gasteiger partial charge on any atom is -0.394 e. The number of anilines is 1. The van der Waals surface area contributed by atoms with Crippen LogP contribution >= 0.6 is 23.2 Å². The number of urea groups is 1. The molecule has 1 atom stereocenters. The van der Waals surface area contributed by atoms with Gasteiger partial charge < -0.3 is 20.8 Å². The third kappa shape index (κ3) is 4.79. The summed E-state index contributed by atoms with van der Waals surface area (Å²) in [4.78, 5) is 11.4. The molecule has 5 nitrogen and oxygen atoms in total. The van der Waals surface area contributed by atoms with Crippen LogP contribution in [-0.4, -0.2) is 35.5 Å². The number of carbonyl (C=O) groups is 1. The molecule has 0 bridgehead atoms. The van der Waals surface area contributed by atoms with Gasteiger partial charge in [0.05, 0.1) is 23.4 Å². The highest BCUT2D eigenvalue weighted by Gasteiger charge is 2.08. The van der Waals surface area contributed by atoms with E-state index in [1.54, 1.807) is 12.1 Å². The predicted octanol–water partition coefficient (Wildman–Crippen LogP) is 1.47. The largest absolute Gasteiger partial charge is 0.394 e. The summed E-state index contributed by atoms with van der Waals surface area (Å²) in [6.45, 7) is -0.473. The second-order valence-electron chi connectivity index (χ2n) is 3.30. The van der Waals surface area contributed by atoms with Crippen molar-refractivity contribution < 1.29 is 15.0 Å². The van der Waals surface area contributed by atoms with E-state index < -0.39 is 18.7 Å². The first-order chi connectivity index (χ1) is 8.02. The van der Waals surface area contributed by atoms with Gasteiger partial charge in [-0.25, -0.2) is 4.79 Å². The lowest BCUT2D eigenvalue weighted by atomic mass is 10.3. The molecule has 1 aromatic rings. The van der Waals surface area contributed by atoms with E-state index in [2.05, 4.69) is 10.6 Å². The standard InChI is InChI=1S/C10H12Cl2N2O3/c11-6-1-2-8(12)9(3-6)14-10(17)13-4-7(16)5-15/h1-3,7,15-16H,4-5H2,(H2,13,14,17). The Morgan fingerprint density at radius 1 is 1.41 bits per heavy atom. The first kappa shape index (κ1) is 14.1. The van der Waals surface area contributed by atoms with Crippen molar-refractivity contribution in [1.29, 1.82) is 0 Å². The lowest BCUT2D eigenvalue weighted by Crippen LogP contribution is -2.36. The van der Waals surface area contributed by atoms with Gasteiger partial charge in [-0.2, -0.15) is 0 Å². The summed E-state index contributed by atoms with van der Waals surface area (Å²) in [6, 6.07) is 4.12. The molecular formula is C10H12Cl2N2O3. The van der Waals surface area contributed by atoms with E-state index in [4.69, 9.17) is 33.4 Å². The van der Waals surface area contributed by atoms with E-state index in [0.29, 0.717) is 15.7 Å². The van der Waals surface area contributed by atoms with Crippen LogP contribution in [0.4, 0.5) is 10.5 Å². The molecule has 1 aromatic carbocycles. The Morgan fingerprint density at radius 2 is 2.12 bits per heavy atom. The zero-order valence-corrected chi connectivity index (χ0v) is 10.3. The maximum atomic E-state index is 11.4. The van der Waals surface area contributed by atoms with Gasteiger partial charge in [-0.1, -0.05) is 23.2 Å². The van der Waals surface area contributed by atoms with Crippen molar-refractivity contribution in [3.05, 3.63) is 28.2 Å². The van der Waals surface area contributed by atoms with Crippen LogP contribution in [0, 0.1) is 0 Å². The van der Waals surface area contributed by atoms with Crippen LogP contribution in [0.25, 0.3) is 0 Å². The highest BCUT2D eigenvalue weighted by Crippen LogP contribution is 2.25. The van der Waals surface area contributed by atoms with Gasteiger partial charge in [0.1, 0.15) is 0 Å². The Hall–Kier alpha value is -1.01. The molecular weight excluding hydrogens is 267 g/mol. The fourth-order valence-electron chi connectivity index (χ4n) is 1.03. The van der Waals surface area contributed by atoms with Crippen molar-refractivity contribution in [2.45, 2.75) is 6.10 Å². The smallest absolute Gasteiger partial charge is 0.319 e. The van der Waals surface area contributed by atoms with Gasteiger partial charge in [-0.3, -0.25) is 0 Å². The molecule has 0 aliphatic heterocycles. The average molecular weight is 279 g/mol. The number of hydrogen-bond donors (Lipinski definition) is 4. The maximum Gasteiger partial charge on any atom is 0.319 e. The monoisotopic (exact) mass is 278 g/mol. The minimum atomic E-state index is -0.990. The van der Waals surface area contributed by atoms with Crippen LogP contribution in [0.2, 0.25) is 10.0 Å². The van der Waals surface area contributed by atoms with Crippen LogP contribution in [0.15, 0.2) is 18.2 Å². The zero-order chi connectivity index (χ0) is 12.8. The molecule has 1 rings (SSSR count). The van der Waals surface area contributed by atoms with Gasteiger partial charge in [0, 0.05) is 11.6 Å². The number of amides is 2. The highest BCUT2D eigenvalue weighted by molar-refractivity contribution is 6.35. The number of halogens is 2. The topological polar surface area (TPSA) is 81.6 Å². The van der Waals surface area contributed by atoms with Crippen LogP contribution in [-0.2, 0) is 0 Å². The number of aliphatic hydroxyl groups is 2. The van der Waals surface area contributed by atoms with Crippen LogP contribution < -0.4 is 10.6 Å². The average Bonchev–Trinajstić information content (AvgIpc) is 2.30. The van der Waals surface area contributed by atoms with Gasteiger partial charge in [0.2, 0.25) is 0 Å². The molecule has 1 unspecified atom stereocenters. The van der Waals surface area contributed by atoms with Gasteiger partial charge in [-0.15, -0.1) is 0 Å². The lowest BCUT2D eigenvalue weighted by Gasteiger charge is -2.11. The molecule has 0 aliphatic carbocycles. The summed E-state index contributed by atoms with van der Waals surface area (Å²) in [5, 5.41) is 23.2. The first-order valence-corrected chi connectivity index (χ1v) is 5.57. The molecule has 0 aromatic heterocycles. The molecule has 0 aliphatic rings. The fraction of sp³-hybridized carbons (Fsp3) is 0.300. The Kier molecular flexibility index (Phi) is 5.50. The van der Waals surface area contributed by atoms with Crippen molar-refractivity contribution >= 4 is 34.9 Å². The second kappa shape index (κ2) is 6.66. The molecule has 17 heavy (non-hydrogen) atoms. The van der Waals surface area contributed by atoms with E-state index in [-0.39, 0.29) is 6.54 Å². The van der Waals surface area contributed by atoms with Crippen LogP contribution in [0.1, 0.15) is 0 Å². The van der Waals surface area contributed by atoms with Crippen LogP contribution in [0.3, 0.4) is 0 Å². The van der Waals surface area contributed by atoms with Crippen molar-refractivity contribution in [2.75, 3.05) is 18.5 Å². The SMILES string of the molecule is O=C(NCC(O)CO)Nc1cc(Cl)ccc1Cl. The third-order valence-electron chi connectivity index (χ3n) is 1.89. The van der Waals surface area contributed by atoms with Crippen LogP contribution in [0.5, 0.6) is 0 Å². The number of benzene rings is 1. The van der Waals surface area contributed by atoms with E-state index in [9.17, 15) is 4.79 Å². The Labute approximate surface area is 108 Å². The van der Waals surface area contributed by atoms with Gasteiger partial charge in [0.25, 0.3) is 0 Å². The fourth-order valence-corrected chi connectivity index (χ4v) is 1.37. The molecule has 0 saturated heterocycles. The number of rotatable bonds is 4. The normalized spacial score (nSPS) is 12.0. The molecule has 94 valence electrons. The van der Waals surface area contributed by atoms with Gasteiger partial charge >= 0.3 is 6.03 Å². The van der Waals surface area contributed by atoms with E-state index in [1.807, 2.05) is 0 Å². The van der Waals surface area contributed by atoms with E-state index in [0.717, 1.165) is 0 Å². The minimum absolute atomic E-state index is 0.0550. The molecule has 7 heteroatoms. The van der Waals surface area contributed by atoms with Gasteiger partial charge in [0.15, 0.2) is 0 Å². The number of aliphatic hydroxyl groups excluding tert-OH is 2. The summed E-state index contributed by atoms with van der Waals surface area (Å²) in [5.74, 6) is 0. The second-order valence-corrected chi connectivity index (χ2v) is 4.14. The Morgan fingerprint density at radius 3 is 2.76 bits per heavy atom. The molecule has 4 N–H and O–H groups in total. The van der Waals surface area contributed by atoms with E-state index >= 15 is 0 Å². The summed E-state index contributed by atoms with van der Waals surface area (Å²) < 4.78 is 0. The van der Waals surface area contributed by atoms with Crippen molar-refractivity contribution in [2.24, 2.45) is 0 Å². The van der Waals surface area contributed by atoms with E-state index in [1.165, 1.54) is 6.07 Å². The first-order valence-electron chi connectivity index (χ1n) is 4.81. The predicted molar refractivity (Wildman–Crippen MR) is 66.6 cm³/mol. The summed E-state index contributed by atoms with van der Waals surface area (Å²) in [6.07, 6.45) is -0.990. The molecule has 0 saturated carbocycles. The number of hydrogen-bond acceptors (Lipinski definition) is 3. The summed E-state index contributed by atoms with van der Waals surface area (Å²) in [5.41, 5.74) is 0.371. The highest BCUT2D eigenvalue weighted by atomic mass is 35.5. The van der Waals surface area contributed by atoms with Gasteiger partial charge in [-0.05, 0) is 18.2 Å². The molecule has 0 heterocycles. The number of nitrogens with one attached hydrogen (secondary N) is 2. The van der Waals surface area contributed by atoms with Crippen molar-refractivity contribution in [3.63, 3.8) is 0 Å². The third-order valence-corrected chi connectivity index (χ3v) is 2.45. The Bertz CT molecular complexity index is 401. The maximum absolute atomic E-state index is 11.4. The molecule has 0 spiro atoms. The molecule has 0 fully saturated rings. The zero-order valence-electron chi connectivity index (χ0n) is 8.78. The van der Waals surface area contributed by atoms with Crippen molar-refractivity contribution in [3.8, 4) is 0 Å². The lowest BCUT2D eigenvalue weighted by molar-refractivity contribution is 0.0965. The van der Waals surface area contributed by atoms with Crippen molar-refractivity contribution in [1.82, 2.24) is 5.32 Å². The molecule has 2 amide bonds. The quantitative estimate of drug-likeness (QED) is 0.673. The Balaban J connectivity index is 2.53.